The van der Waals surface area contributed by atoms with Gasteiger partial charge in [0.15, 0.2) is 0 Å². The molecular weight excluding hydrogens is 272 g/mol. The number of benzene rings is 1. The molecular formula is C15H18N2O2S. The van der Waals surface area contributed by atoms with Gasteiger partial charge in [-0.05, 0) is 25.5 Å². The molecule has 1 aliphatic heterocycles. The zero-order valence-electron chi connectivity index (χ0n) is 11.5. The van der Waals surface area contributed by atoms with E-state index in [1.165, 1.54) is 4.70 Å². The molecule has 1 N–H and O–H groups in total. The Morgan fingerprint density at radius 3 is 3.00 bits per heavy atom. The van der Waals surface area contributed by atoms with Crippen LogP contribution >= 0.6 is 11.3 Å². The Bertz CT molecular complexity index is 603. The molecule has 2 aromatic rings. The normalized spacial score (nSPS) is 22.6. The summed E-state index contributed by atoms with van der Waals surface area (Å²) in [4.78, 5) is 18.4. The van der Waals surface area contributed by atoms with E-state index < -0.39 is 5.60 Å². The van der Waals surface area contributed by atoms with Crippen molar-refractivity contribution in [1.29, 1.82) is 0 Å². The molecule has 0 aliphatic carbocycles. The van der Waals surface area contributed by atoms with Gasteiger partial charge in [-0.2, -0.15) is 0 Å². The predicted molar refractivity (Wildman–Crippen MR) is 79.8 cm³/mol. The van der Waals surface area contributed by atoms with Crippen LogP contribution in [0.15, 0.2) is 24.3 Å². The van der Waals surface area contributed by atoms with E-state index in [2.05, 4.69) is 11.1 Å². The number of hydrogen-bond acceptors (Lipinski definition) is 4. The first kappa shape index (κ1) is 13.5. The topological polar surface area (TPSA) is 53.4 Å². The first-order chi connectivity index (χ1) is 9.53. The fourth-order valence-corrected chi connectivity index (χ4v) is 3.52. The minimum absolute atomic E-state index is 0.113. The van der Waals surface area contributed by atoms with E-state index in [4.69, 9.17) is 0 Å². The monoisotopic (exact) mass is 290 g/mol. The number of rotatable bonds is 3. The highest BCUT2D eigenvalue weighted by Gasteiger charge is 2.33. The van der Waals surface area contributed by atoms with Crippen LogP contribution in [0.1, 0.15) is 24.8 Å². The number of β-amino-alcohol motifs (C(OH)–C–C–N with tert-alkyl or cyclic N) is 1. The summed E-state index contributed by atoms with van der Waals surface area (Å²) in [7, 11) is 0. The highest BCUT2D eigenvalue weighted by atomic mass is 32.1. The van der Waals surface area contributed by atoms with E-state index in [0.717, 1.165) is 10.5 Å². The van der Waals surface area contributed by atoms with Crippen LogP contribution in [-0.2, 0) is 11.2 Å². The number of carbonyl (C=O) groups is 1. The average Bonchev–Trinajstić information content (AvgIpc) is 2.98. The van der Waals surface area contributed by atoms with E-state index in [1.54, 1.807) is 23.2 Å². The van der Waals surface area contributed by atoms with Crippen LogP contribution < -0.4 is 0 Å². The number of aromatic nitrogens is 1. The lowest BCUT2D eigenvalue weighted by molar-refractivity contribution is -0.131. The van der Waals surface area contributed by atoms with E-state index >= 15 is 0 Å². The molecule has 0 spiro atoms. The maximum atomic E-state index is 12.1. The third kappa shape index (κ3) is 2.83. The molecule has 1 fully saturated rings. The molecule has 2 heterocycles. The first-order valence-electron chi connectivity index (χ1n) is 6.88. The Kier molecular flexibility index (Phi) is 3.48. The first-order valence-corrected chi connectivity index (χ1v) is 7.70. The average molecular weight is 290 g/mol. The molecule has 0 radical (unpaired) electrons. The van der Waals surface area contributed by atoms with Crippen LogP contribution in [0.4, 0.5) is 0 Å². The van der Waals surface area contributed by atoms with Gasteiger partial charge in [-0.25, -0.2) is 4.98 Å². The fourth-order valence-electron chi connectivity index (χ4n) is 2.56. The third-order valence-electron chi connectivity index (χ3n) is 3.70. The summed E-state index contributed by atoms with van der Waals surface area (Å²) in [5.41, 5.74) is 0.287. The van der Waals surface area contributed by atoms with Crippen molar-refractivity contribution in [2.75, 3.05) is 13.1 Å². The summed E-state index contributed by atoms with van der Waals surface area (Å²) in [5, 5.41) is 10.9. The van der Waals surface area contributed by atoms with Gasteiger partial charge in [0.05, 0.1) is 20.8 Å². The van der Waals surface area contributed by atoms with Gasteiger partial charge >= 0.3 is 0 Å². The van der Waals surface area contributed by atoms with E-state index in [1.807, 2.05) is 18.2 Å². The lowest BCUT2D eigenvalue weighted by Gasteiger charge is -2.18. The Balaban J connectivity index is 1.60. The highest BCUT2D eigenvalue weighted by Crippen LogP contribution is 2.24. The number of carbonyl (C=O) groups excluding carboxylic acids is 1. The van der Waals surface area contributed by atoms with E-state index in [-0.39, 0.29) is 5.91 Å². The van der Waals surface area contributed by atoms with Crippen molar-refractivity contribution < 1.29 is 9.90 Å². The lowest BCUT2D eigenvalue weighted by atomic mass is 10.1. The van der Waals surface area contributed by atoms with Gasteiger partial charge < -0.3 is 10.0 Å². The Morgan fingerprint density at radius 2 is 2.30 bits per heavy atom. The van der Waals surface area contributed by atoms with Crippen LogP contribution in [-0.4, -0.2) is 39.6 Å². The number of fused-ring (bicyclic) bond motifs is 1. The molecule has 0 saturated carbocycles. The molecule has 1 atom stereocenters. The summed E-state index contributed by atoms with van der Waals surface area (Å²) in [6, 6.07) is 8.02. The number of likely N-dealkylation sites (tertiary alicyclic amines) is 1. The minimum atomic E-state index is -0.717. The van der Waals surface area contributed by atoms with Crippen molar-refractivity contribution in [3.63, 3.8) is 0 Å². The Labute approximate surface area is 122 Å². The molecule has 5 heteroatoms. The number of para-hydroxylation sites is 1. The van der Waals surface area contributed by atoms with Gasteiger partial charge in [-0.1, -0.05) is 12.1 Å². The second-order valence-corrected chi connectivity index (χ2v) is 6.75. The summed E-state index contributed by atoms with van der Waals surface area (Å²) >= 11 is 1.65. The minimum Gasteiger partial charge on any atom is -0.388 e. The van der Waals surface area contributed by atoms with Crippen LogP contribution in [0.5, 0.6) is 0 Å². The van der Waals surface area contributed by atoms with Gasteiger partial charge in [-0.15, -0.1) is 11.3 Å². The molecule has 1 amide bonds. The molecule has 0 bridgehead atoms. The van der Waals surface area contributed by atoms with Crippen molar-refractivity contribution in [1.82, 2.24) is 9.88 Å². The zero-order valence-corrected chi connectivity index (χ0v) is 12.3. The van der Waals surface area contributed by atoms with Crippen molar-refractivity contribution in [2.24, 2.45) is 0 Å². The number of aryl methyl sites for hydroxylation is 1. The van der Waals surface area contributed by atoms with Crippen LogP contribution in [0.2, 0.25) is 0 Å². The van der Waals surface area contributed by atoms with Gasteiger partial charge in [0.25, 0.3) is 0 Å². The van der Waals surface area contributed by atoms with E-state index in [0.29, 0.717) is 32.4 Å². The molecule has 1 aliphatic rings. The Hall–Kier alpha value is -1.46. The fraction of sp³-hybridized carbons (Fsp3) is 0.467. The molecule has 1 aromatic heterocycles. The van der Waals surface area contributed by atoms with Crippen molar-refractivity contribution in [2.45, 2.75) is 31.8 Å². The van der Waals surface area contributed by atoms with Crippen molar-refractivity contribution >= 4 is 27.5 Å². The zero-order chi connectivity index (χ0) is 14.2. The smallest absolute Gasteiger partial charge is 0.223 e. The second-order valence-electron chi connectivity index (χ2n) is 5.64. The van der Waals surface area contributed by atoms with Gasteiger partial charge in [0.2, 0.25) is 5.91 Å². The standard InChI is InChI=1S/C15H18N2O2S/c1-15(19)8-9-17(10-15)14(18)7-6-13-16-11-4-2-3-5-12(11)20-13/h2-5,19H,6-10H2,1H3. The maximum absolute atomic E-state index is 12.1. The summed E-state index contributed by atoms with van der Waals surface area (Å²) in [5.74, 6) is 0.113. The largest absolute Gasteiger partial charge is 0.388 e. The molecule has 1 saturated heterocycles. The number of amides is 1. The molecule has 3 rings (SSSR count). The molecule has 1 aromatic carbocycles. The third-order valence-corrected chi connectivity index (χ3v) is 4.79. The van der Waals surface area contributed by atoms with Gasteiger partial charge in [-0.3, -0.25) is 4.79 Å². The molecule has 4 nitrogen and oxygen atoms in total. The van der Waals surface area contributed by atoms with E-state index in [9.17, 15) is 9.90 Å². The summed E-state index contributed by atoms with van der Waals surface area (Å²) < 4.78 is 1.17. The number of nitrogens with zero attached hydrogens (tertiary/aromatic N) is 2. The lowest BCUT2D eigenvalue weighted by Crippen LogP contribution is -2.33. The summed E-state index contributed by atoms with van der Waals surface area (Å²) in [6.45, 7) is 2.89. The van der Waals surface area contributed by atoms with Crippen LogP contribution in [0, 0.1) is 0 Å². The maximum Gasteiger partial charge on any atom is 0.223 e. The molecule has 1 unspecified atom stereocenters. The van der Waals surface area contributed by atoms with Gasteiger partial charge in [0, 0.05) is 25.9 Å². The van der Waals surface area contributed by atoms with Crippen LogP contribution in [0.25, 0.3) is 10.2 Å². The number of aliphatic hydroxyl groups is 1. The van der Waals surface area contributed by atoms with Crippen molar-refractivity contribution in [3.8, 4) is 0 Å². The molecule has 20 heavy (non-hydrogen) atoms. The van der Waals surface area contributed by atoms with Gasteiger partial charge in [0.1, 0.15) is 0 Å². The number of thiazole rings is 1. The molecule has 106 valence electrons. The predicted octanol–water partition coefficient (Wildman–Crippen LogP) is 2.21. The quantitative estimate of drug-likeness (QED) is 0.943. The SMILES string of the molecule is CC1(O)CCN(C(=O)CCc2nc3ccccc3s2)C1. The highest BCUT2D eigenvalue weighted by molar-refractivity contribution is 7.18. The number of hydrogen-bond donors (Lipinski definition) is 1. The Morgan fingerprint density at radius 1 is 1.50 bits per heavy atom. The second kappa shape index (κ2) is 5.14. The van der Waals surface area contributed by atoms with Crippen LogP contribution in [0.3, 0.4) is 0 Å². The summed E-state index contributed by atoms with van der Waals surface area (Å²) in [6.07, 6.45) is 1.81. The van der Waals surface area contributed by atoms with Crippen molar-refractivity contribution in [3.05, 3.63) is 29.3 Å².